The van der Waals surface area contributed by atoms with Gasteiger partial charge in [-0.05, 0) is 31.4 Å². The predicted molar refractivity (Wildman–Crippen MR) is 96.1 cm³/mol. The van der Waals surface area contributed by atoms with Crippen LogP contribution < -0.4 is 5.32 Å². The number of rotatable bonds is 7. The maximum absolute atomic E-state index is 12.1. The number of H-pyrrole nitrogens is 1. The molecular weight excluding hydrogens is 316 g/mol. The fourth-order valence-electron chi connectivity index (χ4n) is 3.37. The van der Waals surface area contributed by atoms with E-state index >= 15 is 0 Å². The number of amides is 1. The molecule has 0 radical (unpaired) electrons. The predicted octanol–water partition coefficient (Wildman–Crippen LogP) is 0.912. The Balaban J connectivity index is 1.40. The summed E-state index contributed by atoms with van der Waals surface area (Å²) in [6.45, 7) is 4.20. The number of carbonyl (C=O) groups excluding carboxylic acids is 1. The zero-order valence-corrected chi connectivity index (χ0v) is 14.6. The van der Waals surface area contributed by atoms with Crippen LogP contribution in [0.1, 0.15) is 17.0 Å². The lowest BCUT2D eigenvalue weighted by Gasteiger charge is -2.15. The van der Waals surface area contributed by atoms with Crippen LogP contribution in [0.4, 0.5) is 0 Å². The molecule has 2 heterocycles. The Morgan fingerprint density at radius 1 is 1.36 bits per heavy atom. The molecule has 25 heavy (non-hydrogen) atoms. The van der Waals surface area contributed by atoms with E-state index in [1.165, 1.54) is 5.56 Å². The molecule has 1 fully saturated rings. The number of carbonyl (C=O) groups is 1. The van der Waals surface area contributed by atoms with Crippen LogP contribution in [0.15, 0.2) is 36.4 Å². The number of aliphatic hydroxyl groups is 1. The third kappa shape index (κ3) is 5.14. The first-order valence-corrected chi connectivity index (χ1v) is 8.82. The van der Waals surface area contributed by atoms with Crippen molar-refractivity contribution in [2.45, 2.75) is 25.9 Å². The lowest BCUT2D eigenvalue weighted by atomic mass is 10.0. The molecule has 134 valence electrons. The van der Waals surface area contributed by atoms with Crippen molar-refractivity contribution in [3.8, 4) is 0 Å². The molecule has 1 aromatic carbocycles. The summed E-state index contributed by atoms with van der Waals surface area (Å²) < 4.78 is 0. The summed E-state index contributed by atoms with van der Waals surface area (Å²) in [6.07, 6.45) is 1.16. The van der Waals surface area contributed by atoms with E-state index < -0.39 is 6.10 Å². The SMILES string of the molecule is Cc1cc(C[C@@H]2CN(CC(=O)NCCc3ccccc3)C[C@H]2O)n[nH]1. The summed E-state index contributed by atoms with van der Waals surface area (Å²) in [5, 5.41) is 20.4. The summed E-state index contributed by atoms with van der Waals surface area (Å²) in [5.74, 6) is 0.138. The number of hydrogen-bond donors (Lipinski definition) is 3. The number of nitrogens with zero attached hydrogens (tertiary/aromatic N) is 2. The van der Waals surface area contributed by atoms with Crippen LogP contribution in [-0.4, -0.2) is 58.4 Å². The first kappa shape index (κ1) is 17.6. The third-order valence-corrected chi connectivity index (χ3v) is 4.66. The van der Waals surface area contributed by atoms with Gasteiger partial charge in [0.1, 0.15) is 0 Å². The zero-order valence-electron chi connectivity index (χ0n) is 14.6. The molecule has 1 aliphatic rings. The van der Waals surface area contributed by atoms with Gasteiger partial charge in [0.25, 0.3) is 0 Å². The molecule has 2 aromatic rings. The van der Waals surface area contributed by atoms with E-state index in [9.17, 15) is 9.90 Å². The van der Waals surface area contributed by atoms with Crippen molar-refractivity contribution in [1.82, 2.24) is 20.4 Å². The third-order valence-electron chi connectivity index (χ3n) is 4.66. The number of likely N-dealkylation sites (tertiary alicyclic amines) is 1. The molecule has 6 heteroatoms. The number of aliphatic hydroxyl groups excluding tert-OH is 1. The smallest absolute Gasteiger partial charge is 0.234 e. The molecule has 0 bridgehead atoms. The number of hydrogen-bond acceptors (Lipinski definition) is 4. The molecule has 6 nitrogen and oxygen atoms in total. The van der Waals surface area contributed by atoms with Crippen molar-refractivity contribution in [2.24, 2.45) is 5.92 Å². The number of aryl methyl sites for hydroxylation is 1. The highest BCUT2D eigenvalue weighted by molar-refractivity contribution is 5.78. The summed E-state index contributed by atoms with van der Waals surface area (Å²) in [7, 11) is 0. The molecule has 0 aliphatic carbocycles. The minimum Gasteiger partial charge on any atom is -0.391 e. The number of aromatic nitrogens is 2. The average molecular weight is 342 g/mol. The Hall–Kier alpha value is -2.18. The van der Waals surface area contributed by atoms with Crippen molar-refractivity contribution in [2.75, 3.05) is 26.2 Å². The topological polar surface area (TPSA) is 81.2 Å². The van der Waals surface area contributed by atoms with Gasteiger partial charge < -0.3 is 10.4 Å². The Bertz CT molecular complexity index is 686. The zero-order chi connectivity index (χ0) is 17.6. The monoisotopic (exact) mass is 342 g/mol. The number of aromatic amines is 1. The van der Waals surface area contributed by atoms with Crippen LogP contribution in [0.5, 0.6) is 0 Å². The Morgan fingerprint density at radius 2 is 2.16 bits per heavy atom. The van der Waals surface area contributed by atoms with Crippen molar-refractivity contribution < 1.29 is 9.90 Å². The van der Waals surface area contributed by atoms with Crippen LogP contribution in [0.2, 0.25) is 0 Å². The number of nitrogens with one attached hydrogen (secondary N) is 2. The Labute approximate surface area is 148 Å². The minimum atomic E-state index is -0.408. The molecule has 1 aliphatic heterocycles. The molecule has 0 saturated carbocycles. The second-order valence-electron chi connectivity index (χ2n) is 6.85. The maximum atomic E-state index is 12.1. The fraction of sp³-hybridized carbons (Fsp3) is 0.474. The van der Waals surface area contributed by atoms with Crippen LogP contribution in [0.25, 0.3) is 0 Å². The van der Waals surface area contributed by atoms with Gasteiger partial charge in [-0.15, -0.1) is 0 Å². The maximum Gasteiger partial charge on any atom is 0.234 e. The van der Waals surface area contributed by atoms with Gasteiger partial charge in [-0.25, -0.2) is 0 Å². The van der Waals surface area contributed by atoms with Gasteiger partial charge in [0.2, 0.25) is 5.91 Å². The lowest BCUT2D eigenvalue weighted by Crippen LogP contribution is -2.37. The number of β-amino-alcohol motifs (C(OH)–C–C–N with tert-alkyl or cyclic N) is 1. The Morgan fingerprint density at radius 3 is 2.88 bits per heavy atom. The van der Waals surface area contributed by atoms with Crippen LogP contribution >= 0.6 is 0 Å². The fourth-order valence-corrected chi connectivity index (χ4v) is 3.37. The van der Waals surface area contributed by atoms with Gasteiger partial charge in [0.15, 0.2) is 0 Å². The van der Waals surface area contributed by atoms with E-state index in [2.05, 4.69) is 27.6 Å². The minimum absolute atomic E-state index is 0.0133. The van der Waals surface area contributed by atoms with E-state index in [1.54, 1.807) is 0 Å². The normalized spacial score (nSPS) is 20.7. The van der Waals surface area contributed by atoms with Crippen molar-refractivity contribution in [3.63, 3.8) is 0 Å². The highest BCUT2D eigenvalue weighted by atomic mass is 16.3. The van der Waals surface area contributed by atoms with E-state index in [1.807, 2.05) is 36.1 Å². The van der Waals surface area contributed by atoms with Crippen LogP contribution in [0, 0.1) is 12.8 Å². The van der Waals surface area contributed by atoms with Gasteiger partial charge >= 0.3 is 0 Å². The van der Waals surface area contributed by atoms with Crippen molar-refractivity contribution in [1.29, 1.82) is 0 Å². The molecule has 1 aromatic heterocycles. The second-order valence-corrected chi connectivity index (χ2v) is 6.85. The largest absolute Gasteiger partial charge is 0.391 e. The standard InChI is InChI=1S/C19H26N4O2/c1-14-9-17(22-21-14)10-16-11-23(12-18(16)24)13-19(25)20-8-7-15-5-3-2-4-6-15/h2-6,9,16,18,24H,7-8,10-13H2,1H3,(H,20,25)(H,21,22)/t16-,18-/m1/s1. The molecule has 1 saturated heterocycles. The number of benzene rings is 1. The molecule has 1 amide bonds. The van der Waals surface area contributed by atoms with E-state index in [0.717, 1.165) is 30.8 Å². The summed E-state index contributed by atoms with van der Waals surface area (Å²) in [5.41, 5.74) is 3.21. The van der Waals surface area contributed by atoms with Gasteiger partial charge in [0, 0.05) is 31.2 Å². The molecule has 0 spiro atoms. The van der Waals surface area contributed by atoms with Crippen LogP contribution in [-0.2, 0) is 17.6 Å². The molecule has 3 N–H and O–H groups in total. The van der Waals surface area contributed by atoms with E-state index in [-0.39, 0.29) is 11.8 Å². The molecule has 2 atom stereocenters. The second kappa shape index (κ2) is 8.27. The van der Waals surface area contributed by atoms with Gasteiger partial charge in [0.05, 0.1) is 18.3 Å². The lowest BCUT2D eigenvalue weighted by molar-refractivity contribution is -0.122. The van der Waals surface area contributed by atoms with E-state index in [0.29, 0.717) is 19.6 Å². The highest BCUT2D eigenvalue weighted by Crippen LogP contribution is 2.20. The molecular formula is C19H26N4O2. The quantitative estimate of drug-likeness (QED) is 0.699. The highest BCUT2D eigenvalue weighted by Gasteiger charge is 2.32. The average Bonchev–Trinajstić information content (AvgIpc) is 3.14. The summed E-state index contributed by atoms with van der Waals surface area (Å²) in [4.78, 5) is 14.1. The van der Waals surface area contributed by atoms with Gasteiger partial charge in [-0.1, -0.05) is 30.3 Å². The summed E-state index contributed by atoms with van der Waals surface area (Å²) in [6, 6.07) is 12.1. The van der Waals surface area contributed by atoms with Gasteiger partial charge in [-0.2, -0.15) is 5.10 Å². The van der Waals surface area contributed by atoms with E-state index in [4.69, 9.17) is 0 Å². The first-order chi connectivity index (χ1) is 12.1. The first-order valence-electron chi connectivity index (χ1n) is 8.82. The van der Waals surface area contributed by atoms with Crippen LogP contribution in [0.3, 0.4) is 0 Å². The Kier molecular flexibility index (Phi) is 5.83. The van der Waals surface area contributed by atoms with Crippen molar-refractivity contribution >= 4 is 5.91 Å². The van der Waals surface area contributed by atoms with Gasteiger partial charge in [-0.3, -0.25) is 14.8 Å². The molecule has 3 rings (SSSR count). The molecule has 0 unspecified atom stereocenters. The van der Waals surface area contributed by atoms with Crippen molar-refractivity contribution in [3.05, 3.63) is 53.3 Å². The summed E-state index contributed by atoms with van der Waals surface area (Å²) >= 11 is 0.